The fourth-order valence-corrected chi connectivity index (χ4v) is 3.16. The predicted octanol–water partition coefficient (Wildman–Crippen LogP) is 0.0282. The molecule has 1 rings (SSSR count). The topological polar surface area (TPSA) is 218 Å². The maximum atomic E-state index is 12.6. The van der Waals surface area contributed by atoms with Crippen LogP contribution in [0.2, 0.25) is 0 Å². The van der Waals surface area contributed by atoms with Crippen LogP contribution in [0.4, 0.5) is 5.69 Å². The SMILES string of the molecule is CCN(CCC(=O)N[C@@H](CC(=O)O)C(=O)N[C@H](C(=O)O)C(C)C)C(=O)/C=C/c1ccc(N=C(N)N)cc1. The molecule has 0 aliphatic rings. The molecule has 1 aromatic carbocycles. The first kappa shape index (κ1) is 30.6. The van der Waals surface area contributed by atoms with Crippen molar-refractivity contribution in [3.8, 4) is 0 Å². The number of hydrogen-bond donors (Lipinski definition) is 6. The van der Waals surface area contributed by atoms with Crippen molar-refractivity contribution >= 4 is 47.4 Å². The van der Waals surface area contributed by atoms with Crippen LogP contribution in [0.3, 0.4) is 0 Å². The monoisotopic (exact) mass is 518 g/mol. The average molecular weight is 519 g/mol. The lowest BCUT2D eigenvalue weighted by Gasteiger charge is -2.23. The number of amides is 3. The van der Waals surface area contributed by atoms with Crippen LogP contribution in [0.25, 0.3) is 6.08 Å². The first-order valence-corrected chi connectivity index (χ1v) is 11.5. The molecule has 37 heavy (non-hydrogen) atoms. The number of likely N-dealkylation sites (N-methyl/N-ethyl adjacent to an activating group) is 1. The Labute approximate surface area is 214 Å². The number of nitrogens with two attached hydrogens (primary N) is 2. The molecule has 0 heterocycles. The number of nitrogens with zero attached hydrogens (tertiary/aromatic N) is 2. The van der Waals surface area contributed by atoms with E-state index in [2.05, 4.69) is 15.6 Å². The van der Waals surface area contributed by atoms with Crippen LogP contribution in [-0.4, -0.2) is 75.9 Å². The summed E-state index contributed by atoms with van der Waals surface area (Å²) in [7, 11) is 0. The summed E-state index contributed by atoms with van der Waals surface area (Å²) in [6.45, 7) is 5.20. The smallest absolute Gasteiger partial charge is 0.326 e. The Morgan fingerprint density at radius 2 is 1.68 bits per heavy atom. The molecule has 13 heteroatoms. The summed E-state index contributed by atoms with van der Waals surface area (Å²) in [5, 5.41) is 22.9. The number of carbonyl (C=O) groups is 5. The quantitative estimate of drug-likeness (QED) is 0.111. The van der Waals surface area contributed by atoms with Gasteiger partial charge in [-0.2, -0.15) is 0 Å². The van der Waals surface area contributed by atoms with E-state index in [0.717, 1.165) is 5.56 Å². The second kappa shape index (κ2) is 14.9. The number of nitrogens with one attached hydrogen (secondary N) is 2. The van der Waals surface area contributed by atoms with Crippen molar-refractivity contribution in [2.45, 2.75) is 45.7 Å². The number of carbonyl (C=O) groups excluding carboxylic acids is 3. The number of guanidine groups is 1. The zero-order valence-corrected chi connectivity index (χ0v) is 21.0. The Balaban J connectivity index is 2.75. The number of rotatable bonds is 14. The van der Waals surface area contributed by atoms with Crippen LogP contribution in [0.5, 0.6) is 0 Å². The van der Waals surface area contributed by atoms with Crippen LogP contribution >= 0.6 is 0 Å². The zero-order valence-electron chi connectivity index (χ0n) is 21.0. The molecule has 3 amide bonds. The first-order chi connectivity index (χ1) is 17.3. The lowest BCUT2D eigenvalue weighted by molar-refractivity contribution is -0.144. The molecule has 0 unspecified atom stereocenters. The van der Waals surface area contributed by atoms with Gasteiger partial charge in [0, 0.05) is 25.6 Å². The molecule has 2 atom stereocenters. The molecule has 0 saturated heterocycles. The molecule has 0 bridgehead atoms. The van der Waals surface area contributed by atoms with E-state index in [1.54, 1.807) is 51.1 Å². The molecule has 0 spiro atoms. The van der Waals surface area contributed by atoms with Gasteiger partial charge in [-0.3, -0.25) is 19.2 Å². The van der Waals surface area contributed by atoms with Gasteiger partial charge in [0.1, 0.15) is 12.1 Å². The van der Waals surface area contributed by atoms with Crippen molar-refractivity contribution in [1.82, 2.24) is 15.5 Å². The minimum absolute atomic E-state index is 0.0140. The largest absolute Gasteiger partial charge is 0.481 e. The third kappa shape index (κ3) is 11.2. The highest BCUT2D eigenvalue weighted by Gasteiger charge is 2.30. The summed E-state index contributed by atoms with van der Waals surface area (Å²) in [5.74, 6) is -5.11. The highest BCUT2D eigenvalue weighted by Crippen LogP contribution is 2.14. The van der Waals surface area contributed by atoms with E-state index in [1.807, 2.05) is 0 Å². The Morgan fingerprint density at radius 1 is 1.05 bits per heavy atom. The molecule has 0 saturated carbocycles. The summed E-state index contributed by atoms with van der Waals surface area (Å²) >= 11 is 0. The van der Waals surface area contributed by atoms with Crippen LogP contribution in [0, 0.1) is 5.92 Å². The predicted molar refractivity (Wildman–Crippen MR) is 136 cm³/mol. The summed E-state index contributed by atoms with van der Waals surface area (Å²) in [6.07, 6.45) is 2.00. The summed E-state index contributed by atoms with van der Waals surface area (Å²) < 4.78 is 0. The van der Waals surface area contributed by atoms with E-state index < -0.39 is 48.2 Å². The fourth-order valence-electron chi connectivity index (χ4n) is 3.16. The van der Waals surface area contributed by atoms with Crippen LogP contribution < -0.4 is 22.1 Å². The van der Waals surface area contributed by atoms with Gasteiger partial charge in [0.05, 0.1) is 12.1 Å². The maximum absolute atomic E-state index is 12.6. The second-order valence-corrected chi connectivity index (χ2v) is 8.42. The standard InChI is InChI=1S/C24H34N6O7/c1-4-30(19(32)10-7-15-5-8-16(9-6-15)27-24(25)26)12-11-18(31)28-17(13-20(33)34)22(35)29-21(14(2)3)23(36)37/h5-10,14,17,21H,4,11-13H2,1-3H3,(H,28,31)(H,29,35)(H,33,34)(H,36,37)(H4,25,26,27)/b10-7+/t17-,21-/m0/s1. The Kier molecular flexibility index (Phi) is 12.3. The van der Waals surface area contributed by atoms with E-state index in [9.17, 15) is 29.1 Å². The minimum atomic E-state index is -1.47. The molecule has 0 aliphatic heterocycles. The van der Waals surface area contributed by atoms with Crippen molar-refractivity contribution in [2.75, 3.05) is 13.1 Å². The van der Waals surface area contributed by atoms with Gasteiger partial charge in [-0.15, -0.1) is 0 Å². The van der Waals surface area contributed by atoms with Gasteiger partial charge in [0.15, 0.2) is 5.96 Å². The van der Waals surface area contributed by atoms with Crippen LogP contribution in [0.1, 0.15) is 39.2 Å². The number of carboxylic acids is 2. The normalized spacial score (nSPS) is 12.4. The van der Waals surface area contributed by atoms with E-state index in [-0.39, 0.29) is 24.8 Å². The van der Waals surface area contributed by atoms with Crippen molar-refractivity contribution in [3.05, 3.63) is 35.9 Å². The van der Waals surface area contributed by atoms with Gasteiger partial charge in [-0.1, -0.05) is 26.0 Å². The summed E-state index contributed by atoms with van der Waals surface area (Å²) in [4.78, 5) is 65.3. The van der Waals surface area contributed by atoms with E-state index in [0.29, 0.717) is 12.2 Å². The summed E-state index contributed by atoms with van der Waals surface area (Å²) in [5.41, 5.74) is 11.9. The highest BCUT2D eigenvalue weighted by atomic mass is 16.4. The number of benzene rings is 1. The van der Waals surface area contributed by atoms with Crippen LogP contribution in [0.15, 0.2) is 35.3 Å². The van der Waals surface area contributed by atoms with Crippen molar-refractivity contribution in [1.29, 1.82) is 0 Å². The lowest BCUT2D eigenvalue weighted by Crippen LogP contribution is -2.54. The van der Waals surface area contributed by atoms with Gasteiger partial charge in [0.2, 0.25) is 17.7 Å². The van der Waals surface area contributed by atoms with Gasteiger partial charge in [0.25, 0.3) is 0 Å². The first-order valence-electron chi connectivity index (χ1n) is 11.5. The summed E-state index contributed by atoms with van der Waals surface area (Å²) in [6, 6.07) is 4.07. The number of aliphatic carboxylic acids is 2. The number of carboxylic acid groups (broad SMARTS) is 2. The van der Waals surface area contributed by atoms with Gasteiger partial charge >= 0.3 is 11.9 Å². The third-order valence-corrected chi connectivity index (χ3v) is 5.13. The second-order valence-electron chi connectivity index (χ2n) is 8.42. The Hall–Kier alpha value is -4.42. The molecule has 8 N–H and O–H groups in total. The van der Waals surface area contributed by atoms with Crippen molar-refractivity contribution < 1.29 is 34.2 Å². The van der Waals surface area contributed by atoms with E-state index >= 15 is 0 Å². The molecule has 202 valence electrons. The lowest BCUT2D eigenvalue weighted by atomic mass is 10.0. The molecule has 0 radical (unpaired) electrons. The Bertz CT molecular complexity index is 1030. The molecule has 0 fully saturated rings. The molecule has 0 aliphatic carbocycles. The molecule has 1 aromatic rings. The zero-order chi connectivity index (χ0) is 28.1. The van der Waals surface area contributed by atoms with Gasteiger partial charge in [-0.05, 0) is 36.6 Å². The fraction of sp³-hybridized carbons (Fsp3) is 0.417. The molecular weight excluding hydrogens is 484 g/mol. The number of aliphatic imine (C=N–C) groups is 1. The molecule has 0 aromatic heterocycles. The number of hydrogen-bond acceptors (Lipinski definition) is 6. The maximum Gasteiger partial charge on any atom is 0.326 e. The van der Waals surface area contributed by atoms with E-state index in [4.69, 9.17) is 16.6 Å². The van der Waals surface area contributed by atoms with Crippen molar-refractivity contribution in [3.63, 3.8) is 0 Å². The molecule has 13 nitrogen and oxygen atoms in total. The third-order valence-electron chi connectivity index (χ3n) is 5.13. The highest BCUT2D eigenvalue weighted by molar-refractivity contribution is 5.94. The van der Waals surface area contributed by atoms with Gasteiger partial charge in [-0.25, -0.2) is 9.79 Å². The minimum Gasteiger partial charge on any atom is -0.481 e. The van der Waals surface area contributed by atoms with Crippen LogP contribution in [-0.2, 0) is 24.0 Å². The average Bonchev–Trinajstić information content (AvgIpc) is 2.80. The Morgan fingerprint density at radius 3 is 2.16 bits per heavy atom. The van der Waals surface area contributed by atoms with Gasteiger partial charge < -0.3 is 37.2 Å². The van der Waals surface area contributed by atoms with E-state index in [1.165, 1.54) is 11.0 Å². The van der Waals surface area contributed by atoms with Crippen molar-refractivity contribution in [2.24, 2.45) is 22.4 Å². The molecular formula is C24H34N6O7.